The van der Waals surface area contributed by atoms with Gasteiger partial charge in [-0.2, -0.15) is 0 Å². The summed E-state index contributed by atoms with van der Waals surface area (Å²) in [4.78, 5) is 35.8. The average Bonchev–Trinajstić information content (AvgIpc) is 3.39. The van der Waals surface area contributed by atoms with E-state index in [4.69, 9.17) is 9.72 Å². The van der Waals surface area contributed by atoms with Crippen LogP contribution in [0.15, 0.2) is 60.8 Å². The number of imide groups is 1. The minimum absolute atomic E-state index is 0.212. The number of ether oxygens (including phenoxy) is 1. The van der Waals surface area contributed by atoms with Crippen LogP contribution in [0.3, 0.4) is 0 Å². The minimum atomic E-state index is -0.536. The summed E-state index contributed by atoms with van der Waals surface area (Å²) < 4.78 is 6.06. The van der Waals surface area contributed by atoms with Gasteiger partial charge >= 0.3 is 0 Å². The van der Waals surface area contributed by atoms with Crippen LogP contribution < -0.4 is 4.74 Å². The third-order valence-electron chi connectivity index (χ3n) is 5.52. The molecule has 2 aromatic carbocycles. The van der Waals surface area contributed by atoms with Crippen LogP contribution in [-0.4, -0.2) is 33.1 Å². The molecule has 1 unspecified atom stereocenters. The molecule has 1 fully saturated rings. The number of hydrogen-bond acceptors (Lipinski definition) is 7. The third kappa shape index (κ3) is 4.24. The molecule has 3 heterocycles. The Kier molecular flexibility index (Phi) is 5.86. The maximum absolute atomic E-state index is 12.3. The van der Waals surface area contributed by atoms with E-state index in [0.29, 0.717) is 12.4 Å². The van der Waals surface area contributed by atoms with Crippen molar-refractivity contribution in [1.82, 2.24) is 14.9 Å². The van der Waals surface area contributed by atoms with Crippen molar-refractivity contribution in [3.63, 3.8) is 0 Å². The van der Waals surface area contributed by atoms with Gasteiger partial charge in [-0.3, -0.25) is 19.5 Å². The fraction of sp³-hybridized carbons (Fsp3) is 0.200. The molecule has 5 rings (SSSR count). The van der Waals surface area contributed by atoms with E-state index in [2.05, 4.69) is 24.0 Å². The van der Waals surface area contributed by atoms with Crippen molar-refractivity contribution in [2.75, 3.05) is 7.05 Å². The summed E-state index contributed by atoms with van der Waals surface area (Å²) in [5.41, 5.74) is 3.56. The first-order valence-corrected chi connectivity index (χ1v) is 12.3. The van der Waals surface area contributed by atoms with Crippen LogP contribution in [0, 0.1) is 0 Å². The Morgan fingerprint density at radius 2 is 1.91 bits per heavy atom. The van der Waals surface area contributed by atoms with Gasteiger partial charge in [-0.15, -0.1) is 11.3 Å². The highest BCUT2D eigenvalue weighted by atomic mass is 32.2. The van der Waals surface area contributed by atoms with Crippen molar-refractivity contribution >= 4 is 45.1 Å². The molecule has 0 radical (unpaired) electrons. The highest BCUT2D eigenvalue weighted by Crippen LogP contribution is 2.39. The molecule has 4 aromatic rings. The third-order valence-corrected chi connectivity index (χ3v) is 8.00. The minimum Gasteiger partial charge on any atom is -0.487 e. The second kappa shape index (κ2) is 8.96. The number of benzene rings is 2. The molecule has 0 N–H and O–H groups in total. The monoisotopic (exact) mass is 475 g/mol. The van der Waals surface area contributed by atoms with Gasteiger partial charge in [-0.25, -0.2) is 4.98 Å². The van der Waals surface area contributed by atoms with Gasteiger partial charge in [-0.1, -0.05) is 37.3 Å². The Morgan fingerprint density at radius 1 is 1.09 bits per heavy atom. The lowest BCUT2D eigenvalue weighted by Crippen LogP contribution is -2.24. The number of pyridine rings is 1. The zero-order chi connectivity index (χ0) is 22.9. The van der Waals surface area contributed by atoms with E-state index in [1.807, 2.05) is 42.5 Å². The molecular weight excluding hydrogens is 454 g/mol. The Morgan fingerprint density at radius 3 is 2.64 bits per heavy atom. The zero-order valence-electron chi connectivity index (χ0n) is 18.1. The topological polar surface area (TPSA) is 72.4 Å². The van der Waals surface area contributed by atoms with Crippen LogP contribution in [0.1, 0.15) is 28.3 Å². The molecule has 166 valence electrons. The normalized spacial score (nSPS) is 16.1. The first-order chi connectivity index (χ1) is 16.0. The van der Waals surface area contributed by atoms with Crippen LogP contribution in [0.5, 0.6) is 5.75 Å². The molecule has 0 saturated carbocycles. The molecule has 8 heteroatoms. The number of carbonyl (C=O) groups excluding carboxylic acids is 2. The number of likely N-dealkylation sites (N-methyl/N-ethyl adjacent to an activating group) is 1. The molecule has 1 saturated heterocycles. The summed E-state index contributed by atoms with van der Waals surface area (Å²) in [6.45, 7) is 2.51. The SMILES string of the molecule is CCc1sc(-c2ccccc2)nc1COc1ccc2cc(C3SC(=O)N(C)C3=O)cnc2c1. The number of aromatic nitrogens is 2. The van der Waals surface area contributed by atoms with E-state index in [1.54, 1.807) is 17.5 Å². The first-order valence-electron chi connectivity index (χ1n) is 10.6. The molecule has 1 aliphatic heterocycles. The second-order valence-electron chi connectivity index (χ2n) is 7.68. The lowest BCUT2D eigenvalue weighted by atomic mass is 10.1. The number of carbonyl (C=O) groups is 2. The van der Waals surface area contributed by atoms with Crippen LogP contribution >= 0.6 is 23.1 Å². The van der Waals surface area contributed by atoms with E-state index in [9.17, 15) is 9.59 Å². The summed E-state index contributed by atoms with van der Waals surface area (Å²) in [5, 5.41) is 1.12. The van der Waals surface area contributed by atoms with Gasteiger partial charge in [-0.05, 0) is 41.9 Å². The van der Waals surface area contributed by atoms with Crippen molar-refractivity contribution < 1.29 is 14.3 Å². The van der Waals surface area contributed by atoms with Gasteiger partial charge < -0.3 is 4.74 Å². The van der Waals surface area contributed by atoms with E-state index in [0.717, 1.165) is 55.8 Å². The fourth-order valence-electron chi connectivity index (χ4n) is 3.69. The predicted octanol–water partition coefficient (Wildman–Crippen LogP) is 5.87. The smallest absolute Gasteiger partial charge is 0.289 e. The maximum atomic E-state index is 12.3. The second-order valence-corrected chi connectivity index (χ2v) is 9.82. The molecule has 2 amide bonds. The molecule has 1 aliphatic rings. The number of fused-ring (bicyclic) bond motifs is 1. The summed E-state index contributed by atoms with van der Waals surface area (Å²) >= 11 is 2.73. The van der Waals surface area contributed by atoms with Gasteiger partial charge in [0.25, 0.3) is 5.24 Å². The molecule has 0 spiro atoms. The summed E-state index contributed by atoms with van der Waals surface area (Å²) in [6, 6.07) is 17.8. The van der Waals surface area contributed by atoms with Crippen LogP contribution in [0.2, 0.25) is 0 Å². The Balaban J connectivity index is 1.34. The molecule has 6 nitrogen and oxygen atoms in total. The number of hydrogen-bond donors (Lipinski definition) is 0. The maximum Gasteiger partial charge on any atom is 0.289 e. The number of thioether (sulfide) groups is 1. The van der Waals surface area contributed by atoms with Crippen LogP contribution in [-0.2, 0) is 17.8 Å². The summed E-state index contributed by atoms with van der Waals surface area (Å²) in [5.74, 6) is 0.497. The Labute approximate surface area is 199 Å². The largest absolute Gasteiger partial charge is 0.487 e. The van der Waals surface area contributed by atoms with E-state index >= 15 is 0 Å². The molecule has 2 aromatic heterocycles. The van der Waals surface area contributed by atoms with Crippen LogP contribution in [0.4, 0.5) is 4.79 Å². The van der Waals surface area contributed by atoms with Crippen LogP contribution in [0.25, 0.3) is 21.5 Å². The van der Waals surface area contributed by atoms with E-state index in [1.165, 1.54) is 11.9 Å². The highest BCUT2D eigenvalue weighted by Gasteiger charge is 2.38. The lowest BCUT2D eigenvalue weighted by molar-refractivity contribution is -0.125. The lowest BCUT2D eigenvalue weighted by Gasteiger charge is -2.10. The van der Waals surface area contributed by atoms with Crippen molar-refractivity contribution in [2.45, 2.75) is 25.2 Å². The average molecular weight is 476 g/mol. The number of thiazole rings is 1. The van der Waals surface area contributed by atoms with Crippen molar-refractivity contribution in [1.29, 1.82) is 0 Å². The molecule has 0 aliphatic carbocycles. The first kappa shape index (κ1) is 21.6. The van der Waals surface area contributed by atoms with Gasteiger partial charge in [0.05, 0.1) is 11.2 Å². The van der Waals surface area contributed by atoms with Crippen molar-refractivity contribution in [2.24, 2.45) is 0 Å². The quantitative estimate of drug-likeness (QED) is 0.347. The Bertz CT molecular complexity index is 1350. The number of amides is 2. The zero-order valence-corrected chi connectivity index (χ0v) is 19.8. The van der Waals surface area contributed by atoms with Crippen molar-refractivity contribution in [3.8, 4) is 16.3 Å². The Hall–Kier alpha value is -3.23. The summed E-state index contributed by atoms with van der Waals surface area (Å²) in [6.07, 6.45) is 2.57. The molecule has 0 bridgehead atoms. The molecule has 33 heavy (non-hydrogen) atoms. The van der Waals surface area contributed by atoms with Crippen molar-refractivity contribution in [3.05, 3.63) is 76.9 Å². The number of aryl methyl sites for hydroxylation is 1. The van der Waals surface area contributed by atoms with Gasteiger partial charge in [0, 0.05) is 35.1 Å². The highest BCUT2D eigenvalue weighted by molar-refractivity contribution is 8.14. The number of nitrogens with zero attached hydrogens (tertiary/aromatic N) is 3. The standard InChI is InChI=1S/C25H21N3O3S2/c1-3-21-20(27-23(32-21)15-7-5-4-6-8-15)14-31-18-10-9-16-11-17(13-26-19(16)12-18)22-24(29)28(2)25(30)33-22/h4-13,22H,3,14H2,1-2H3. The summed E-state index contributed by atoms with van der Waals surface area (Å²) in [7, 11) is 1.50. The fourth-order valence-corrected chi connectivity index (χ4v) is 5.67. The van der Waals surface area contributed by atoms with E-state index < -0.39 is 5.25 Å². The predicted molar refractivity (Wildman–Crippen MR) is 132 cm³/mol. The van der Waals surface area contributed by atoms with Gasteiger partial charge in [0.1, 0.15) is 22.6 Å². The van der Waals surface area contributed by atoms with Gasteiger partial charge in [0.2, 0.25) is 5.91 Å². The van der Waals surface area contributed by atoms with Gasteiger partial charge in [0.15, 0.2) is 0 Å². The number of rotatable bonds is 6. The molecule has 1 atom stereocenters. The van der Waals surface area contributed by atoms with E-state index in [-0.39, 0.29) is 11.1 Å². The molecular formula is C25H21N3O3S2.